The Labute approximate surface area is 118 Å². The van der Waals surface area contributed by atoms with E-state index in [1.165, 1.54) is 0 Å². The minimum Gasteiger partial charge on any atom is -0.494 e. The number of benzene rings is 1. The fourth-order valence-electron chi connectivity index (χ4n) is 1.68. The molecule has 0 saturated carbocycles. The van der Waals surface area contributed by atoms with E-state index in [0.717, 1.165) is 24.2 Å². The van der Waals surface area contributed by atoms with Gasteiger partial charge in [-0.3, -0.25) is 0 Å². The summed E-state index contributed by atoms with van der Waals surface area (Å²) in [5, 5.41) is 3.01. The van der Waals surface area contributed by atoms with Crippen molar-refractivity contribution in [2.75, 3.05) is 13.2 Å². The first-order valence-corrected chi connectivity index (χ1v) is 7.00. The highest BCUT2D eigenvalue weighted by Crippen LogP contribution is 2.20. The van der Waals surface area contributed by atoms with Gasteiger partial charge in [0.1, 0.15) is 5.75 Å². The van der Waals surface area contributed by atoms with Crippen LogP contribution in [-0.2, 0) is 6.54 Å². The molecule has 5 heteroatoms. The number of nitrogens with one attached hydrogen (secondary N) is 1. The van der Waals surface area contributed by atoms with Crippen LogP contribution in [0.25, 0.3) is 0 Å². The lowest BCUT2D eigenvalue weighted by Crippen LogP contribution is -2.17. The Morgan fingerprint density at radius 3 is 2.40 bits per heavy atom. The summed E-state index contributed by atoms with van der Waals surface area (Å²) in [6.45, 7) is 3.77. The summed E-state index contributed by atoms with van der Waals surface area (Å²) < 4.78 is 41.3. The van der Waals surface area contributed by atoms with E-state index in [-0.39, 0.29) is 6.42 Å². The van der Waals surface area contributed by atoms with Gasteiger partial charge in [0.15, 0.2) is 0 Å². The minimum absolute atomic E-state index is 0.113. The van der Waals surface area contributed by atoms with Crippen molar-refractivity contribution in [2.45, 2.75) is 45.3 Å². The Morgan fingerprint density at radius 1 is 1.10 bits per heavy atom. The molecule has 114 valence electrons. The second-order valence-corrected chi connectivity index (χ2v) is 4.74. The minimum atomic E-state index is -4.06. The van der Waals surface area contributed by atoms with Crippen LogP contribution in [0.4, 0.5) is 13.2 Å². The summed E-state index contributed by atoms with van der Waals surface area (Å²) >= 11 is 0. The van der Waals surface area contributed by atoms with Crippen LogP contribution in [0.3, 0.4) is 0 Å². The van der Waals surface area contributed by atoms with Gasteiger partial charge in [-0.2, -0.15) is 13.2 Å². The van der Waals surface area contributed by atoms with E-state index in [0.29, 0.717) is 19.7 Å². The molecule has 0 atom stereocenters. The predicted molar refractivity (Wildman–Crippen MR) is 73.8 cm³/mol. The maximum absolute atomic E-state index is 11.9. The molecule has 0 aromatic heterocycles. The van der Waals surface area contributed by atoms with Gasteiger partial charge < -0.3 is 10.1 Å². The highest BCUT2D eigenvalue weighted by Gasteiger charge is 2.25. The SMILES string of the molecule is CCCCOc1ccc(CNCCCC(F)(F)F)cc1. The van der Waals surface area contributed by atoms with Crippen molar-refractivity contribution in [1.82, 2.24) is 5.32 Å². The smallest absolute Gasteiger partial charge is 0.389 e. The van der Waals surface area contributed by atoms with Crippen LogP contribution < -0.4 is 10.1 Å². The van der Waals surface area contributed by atoms with Crippen molar-refractivity contribution in [3.05, 3.63) is 29.8 Å². The molecule has 1 aromatic carbocycles. The van der Waals surface area contributed by atoms with Gasteiger partial charge in [0.05, 0.1) is 6.61 Å². The second kappa shape index (κ2) is 8.84. The first kappa shape index (κ1) is 16.8. The third-order valence-corrected chi connectivity index (χ3v) is 2.83. The van der Waals surface area contributed by atoms with E-state index >= 15 is 0 Å². The first-order valence-electron chi connectivity index (χ1n) is 7.00. The predicted octanol–water partition coefficient (Wildman–Crippen LogP) is 4.30. The molecule has 0 bridgehead atoms. The van der Waals surface area contributed by atoms with E-state index in [4.69, 9.17) is 4.74 Å². The Hall–Kier alpha value is -1.23. The number of rotatable bonds is 9. The van der Waals surface area contributed by atoms with Crippen molar-refractivity contribution in [2.24, 2.45) is 0 Å². The van der Waals surface area contributed by atoms with Crippen molar-refractivity contribution >= 4 is 0 Å². The van der Waals surface area contributed by atoms with E-state index in [1.807, 2.05) is 24.3 Å². The zero-order valence-electron chi connectivity index (χ0n) is 11.8. The number of hydrogen-bond acceptors (Lipinski definition) is 2. The van der Waals surface area contributed by atoms with E-state index in [2.05, 4.69) is 12.2 Å². The molecule has 1 N–H and O–H groups in total. The van der Waals surface area contributed by atoms with Gasteiger partial charge >= 0.3 is 6.18 Å². The third kappa shape index (κ3) is 8.04. The molecule has 0 heterocycles. The summed E-state index contributed by atoms with van der Waals surface area (Å²) in [4.78, 5) is 0. The average molecular weight is 289 g/mol. The Bertz CT molecular complexity index is 362. The Balaban J connectivity index is 2.18. The largest absolute Gasteiger partial charge is 0.494 e. The molecule has 20 heavy (non-hydrogen) atoms. The average Bonchev–Trinajstić information content (AvgIpc) is 2.39. The second-order valence-electron chi connectivity index (χ2n) is 4.74. The highest BCUT2D eigenvalue weighted by molar-refractivity contribution is 5.27. The van der Waals surface area contributed by atoms with Gasteiger partial charge in [-0.15, -0.1) is 0 Å². The molecule has 0 saturated heterocycles. The van der Waals surface area contributed by atoms with E-state index < -0.39 is 12.6 Å². The maximum atomic E-state index is 11.9. The molecule has 0 aliphatic rings. The normalized spacial score (nSPS) is 11.6. The van der Waals surface area contributed by atoms with Crippen molar-refractivity contribution in [3.8, 4) is 5.75 Å². The highest BCUT2D eigenvalue weighted by atomic mass is 19.4. The van der Waals surface area contributed by atoms with Gasteiger partial charge in [-0.05, 0) is 37.1 Å². The number of alkyl halides is 3. The number of halogens is 3. The van der Waals surface area contributed by atoms with Gasteiger partial charge in [0.2, 0.25) is 0 Å². The maximum Gasteiger partial charge on any atom is 0.389 e. The summed E-state index contributed by atoms with van der Waals surface area (Å²) in [5.74, 6) is 0.833. The standard InChI is InChI=1S/C15H22F3NO/c1-2-3-11-20-14-7-5-13(6-8-14)12-19-10-4-9-15(16,17)18/h5-8,19H,2-4,9-12H2,1H3. The monoisotopic (exact) mass is 289 g/mol. The molecule has 0 aliphatic carbocycles. The topological polar surface area (TPSA) is 21.3 Å². The molecule has 1 rings (SSSR count). The molecule has 0 amide bonds. The van der Waals surface area contributed by atoms with Crippen LogP contribution in [-0.4, -0.2) is 19.3 Å². The number of unbranched alkanes of at least 4 members (excludes halogenated alkanes) is 1. The lowest BCUT2D eigenvalue weighted by atomic mass is 10.2. The molecule has 0 spiro atoms. The van der Waals surface area contributed by atoms with Gasteiger partial charge in [0, 0.05) is 13.0 Å². The lowest BCUT2D eigenvalue weighted by Gasteiger charge is -2.08. The third-order valence-electron chi connectivity index (χ3n) is 2.83. The number of ether oxygens (including phenoxy) is 1. The molecule has 1 aromatic rings. The Morgan fingerprint density at radius 2 is 1.80 bits per heavy atom. The van der Waals surface area contributed by atoms with Crippen LogP contribution in [0.1, 0.15) is 38.2 Å². The zero-order chi connectivity index (χ0) is 14.8. The quantitative estimate of drug-likeness (QED) is 0.684. The summed E-state index contributed by atoms with van der Waals surface area (Å²) in [5.41, 5.74) is 1.04. The van der Waals surface area contributed by atoms with Crippen LogP contribution in [0.2, 0.25) is 0 Å². The molecule has 2 nitrogen and oxygen atoms in total. The van der Waals surface area contributed by atoms with Crippen LogP contribution in [0.15, 0.2) is 24.3 Å². The van der Waals surface area contributed by atoms with Gasteiger partial charge in [-0.25, -0.2) is 0 Å². The summed E-state index contributed by atoms with van der Waals surface area (Å²) in [6.07, 6.45) is -2.55. The number of hydrogen-bond donors (Lipinski definition) is 1. The molecule has 0 fully saturated rings. The fraction of sp³-hybridized carbons (Fsp3) is 0.600. The Kier molecular flexibility index (Phi) is 7.44. The zero-order valence-corrected chi connectivity index (χ0v) is 11.8. The van der Waals surface area contributed by atoms with Crippen LogP contribution in [0, 0.1) is 0 Å². The van der Waals surface area contributed by atoms with Gasteiger partial charge in [0.25, 0.3) is 0 Å². The molecular weight excluding hydrogens is 267 g/mol. The van der Waals surface area contributed by atoms with Crippen molar-refractivity contribution < 1.29 is 17.9 Å². The molecular formula is C15H22F3NO. The van der Waals surface area contributed by atoms with Crippen LogP contribution >= 0.6 is 0 Å². The van der Waals surface area contributed by atoms with Crippen molar-refractivity contribution in [1.29, 1.82) is 0 Å². The van der Waals surface area contributed by atoms with Gasteiger partial charge in [-0.1, -0.05) is 25.5 Å². The lowest BCUT2D eigenvalue weighted by molar-refractivity contribution is -0.135. The molecule has 0 aliphatic heterocycles. The van der Waals surface area contributed by atoms with Crippen LogP contribution in [0.5, 0.6) is 5.75 Å². The van der Waals surface area contributed by atoms with E-state index in [9.17, 15) is 13.2 Å². The molecule has 0 radical (unpaired) electrons. The fourth-order valence-corrected chi connectivity index (χ4v) is 1.68. The van der Waals surface area contributed by atoms with E-state index in [1.54, 1.807) is 0 Å². The van der Waals surface area contributed by atoms with Crippen molar-refractivity contribution in [3.63, 3.8) is 0 Å². The summed E-state index contributed by atoms with van der Waals surface area (Å²) in [6, 6.07) is 7.64. The summed E-state index contributed by atoms with van der Waals surface area (Å²) in [7, 11) is 0. The molecule has 0 unspecified atom stereocenters. The first-order chi connectivity index (χ1) is 9.51.